The van der Waals surface area contributed by atoms with Crippen LogP contribution in [0.1, 0.15) is 6.92 Å². The number of carbonyl (C=O) groups is 1. The van der Waals surface area contributed by atoms with Crippen molar-refractivity contribution in [2.24, 2.45) is 0 Å². The summed E-state index contributed by atoms with van der Waals surface area (Å²) in [6.07, 6.45) is 6.98. The highest BCUT2D eigenvalue weighted by Crippen LogP contribution is 2.15. The minimum absolute atomic E-state index is 0.0141. The maximum Gasteiger partial charge on any atom is 0.319 e. The SMILES string of the molecule is C[C@H](Cn1ccnc1)NC(=O)Nc1ccc(N2CCOCC2)nc1. The number of anilines is 2. The number of rotatable bonds is 5. The maximum absolute atomic E-state index is 12.0. The fraction of sp³-hybridized carbons (Fsp3) is 0.438. The normalized spacial score (nSPS) is 15.8. The summed E-state index contributed by atoms with van der Waals surface area (Å²) in [6, 6.07) is 3.51. The predicted octanol–water partition coefficient (Wildman–Crippen LogP) is 1.32. The van der Waals surface area contributed by atoms with E-state index in [1.807, 2.05) is 29.8 Å². The molecule has 0 aliphatic carbocycles. The molecular formula is C16H22N6O2. The largest absolute Gasteiger partial charge is 0.378 e. The van der Waals surface area contributed by atoms with E-state index in [0.717, 1.165) is 32.1 Å². The van der Waals surface area contributed by atoms with Crippen molar-refractivity contribution in [3.05, 3.63) is 37.1 Å². The molecule has 2 aromatic heterocycles. The second kappa shape index (κ2) is 7.78. The number of hydrogen-bond acceptors (Lipinski definition) is 5. The Kier molecular flexibility index (Phi) is 5.27. The zero-order valence-electron chi connectivity index (χ0n) is 13.7. The average Bonchev–Trinajstić information content (AvgIpc) is 3.09. The molecule has 128 valence electrons. The van der Waals surface area contributed by atoms with Crippen molar-refractivity contribution >= 4 is 17.5 Å². The number of amides is 2. The first-order valence-electron chi connectivity index (χ1n) is 8.03. The number of morpholine rings is 1. The highest BCUT2D eigenvalue weighted by Gasteiger charge is 2.13. The number of imidazole rings is 1. The fourth-order valence-electron chi connectivity index (χ4n) is 2.59. The van der Waals surface area contributed by atoms with Crippen molar-refractivity contribution in [3.8, 4) is 0 Å². The van der Waals surface area contributed by atoms with E-state index in [1.54, 1.807) is 18.7 Å². The Balaban J connectivity index is 1.48. The molecule has 0 radical (unpaired) electrons. The van der Waals surface area contributed by atoms with Gasteiger partial charge in [0.05, 0.1) is 31.4 Å². The van der Waals surface area contributed by atoms with Crippen LogP contribution in [-0.4, -0.2) is 52.9 Å². The molecule has 0 unspecified atom stereocenters. The molecule has 0 bridgehead atoms. The zero-order chi connectivity index (χ0) is 16.8. The first-order valence-corrected chi connectivity index (χ1v) is 8.03. The van der Waals surface area contributed by atoms with Gasteiger partial charge in [0.1, 0.15) is 5.82 Å². The van der Waals surface area contributed by atoms with Crippen LogP contribution in [0.2, 0.25) is 0 Å². The molecule has 1 atom stereocenters. The van der Waals surface area contributed by atoms with Crippen LogP contribution in [0.4, 0.5) is 16.3 Å². The van der Waals surface area contributed by atoms with Gasteiger partial charge >= 0.3 is 6.03 Å². The molecule has 1 aliphatic heterocycles. The zero-order valence-corrected chi connectivity index (χ0v) is 13.7. The summed E-state index contributed by atoms with van der Waals surface area (Å²) in [5, 5.41) is 5.69. The molecule has 2 aromatic rings. The number of pyridine rings is 1. The van der Waals surface area contributed by atoms with Gasteiger partial charge in [0.2, 0.25) is 0 Å². The van der Waals surface area contributed by atoms with E-state index in [0.29, 0.717) is 12.2 Å². The molecular weight excluding hydrogens is 308 g/mol. The molecule has 3 heterocycles. The standard InChI is InChI=1S/C16H22N6O2/c1-13(11-21-5-4-17-12-21)19-16(23)20-14-2-3-15(18-10-14)22-6-8-24-9-7-22/h2-5,10,12-13H,6-9,11H2,1H3,(H2,19,20,23)/t13-/m1/s1. The third-order valence-electron chi connectivity index (χ3n) is 3.76. The molecule has 3 rings (SSSR count). The van der Waals surface area contributed by atoms with Crippen molar-refractivity contribution in [1.82, 2.24) is 19.9 Å². The molecule has 2 amide bonds. The molecule has 2 N–H and O–H groups in total. The van der Waals surface area contributed by atoms with Crippen LogP contribution in [-0.2, 0) is 11.3 Å². The van der Waals surface area contributed by atoms with Crippen molar-refractivity contribution in [3.63, 3.8) is 0 Å². The van der Waals surface area contributed by atoms with Crippen LogP contribution < -0.4 is 15.5 Å². The van der Waals surface area contributed by atoms with E-state index in [9.17, 15) is 4.79 Å². The Labute approximate surface area is 140 Å². The van der Waals surface area contributed by atoms with E-state index in [2.05, 4.69) is 25.5 Å². The summed E-state index contributed by atoms with van der Waals surface area (Å²) in [5.74, 6) is 0.901. The van der Waals surface area contributed by atoms with E-state index >= 15 is 0 Å². The molecule has 1 saturated heterocycles. The van der Waals surface area contributed by atoms with Gasteiger partial charge in [-0.25, -0.2) is 14.8 Å². The summed E-state index contributed by atoms with van der Waals surface area (Å²) >= 11 is 0. The van der Waals surface area contributed by atoms with Crippen molar-refractivity contribution < 1.29 is 9.53 Å². The number of hydrogen-bond donors (Lipinski definition) is 2. The Morgan fingerprint density at radius 1 is 1.38 bits per heavy atom. The lowest BCUT2D eigenvalue weighted by molar-refractivity contribution is 0.122. The number of nitrogens with one attached hydrogen (secondary N) is 2. The van der Waals surface area contributed by atoms with Gasteiger partial charge < -0.3 is 24.8 Å². The summed E-state index contributed by atoms with van der Waals surface area (Å²) < 4.78 is 7.25. The number of ether oxygens (including phenoxy) is 1. The number of carbonyl (C=O) groups excluding carboxylic acids is 1. The summed E-state index contributed by atoms with van der Waals surface area (Å²) in [4.78, 5) is 22.6. The Hall–Kier alpha value is -2.61. The van der Waals surface area contributed by atoms with Crippen molar-refractivity contribution in [1.29, 1.82) is 0 Å². The Bertz CT molecular complexity index is 637. The Morgan fingerprint density at radius 3 is 2.88 bits per heavy atom. The second-order valence-electron chi connectivity index (χ2n) is 5.76. The van der Waals surface area contributed by atoms with Gasteiger partial charge in [-0.15, -0.1) is 0 Å². The molecule has 0 saturated carbocycles. The van der Waals surface area contributed by atoms with Gasteiger partial charge in [-0.05, 0) is 19.1 Å². The van der Waals surface area contributed by atoms with Crippen molar-refractivity contribution in [2.45, 2.75) is 19.5 Å². The Morgan fingerprint density at radius 2 is 2.21 bits per heavy atom. The first-order chi connectivity index (χ1) is 11.7. The summed E-state index contributed by atoms with van der Waals surface area (Å²) in [7, 11) is 0. The highest BCUT2D eigenvalue weighted by molar-refractivity contribution is 5.89. The smallest absolute Gasteiger partial charge is 0.319 e. The van der Waals surface area contributed by atoms with Gasteiger partial charge in [-0.2, -0.15) is 0 Å². The minimum Gasteiger partial charge on any atom is -0.378 e. The average molecular weight is 330 g/mol. The summed E-state index contributed by atoms with van der Waals surface area (Å²) in [6.45, 7) is 5.73. The lowest BCUT2D eigenvalue weighted by Crippen LogP contribution is -2.38. The van der Waals surface area contributed by atoms with E-state index in [1.165, 1.54) is 0 Å². The molecule has 8 heteroatoms. The topological polar surface area (TPSA) is 84.3 Å². The highest BCUT2D eigenvalue weighted by atomic mass is 16.5. The quantitative estimate of drug-likeness (QED) is 0.864. The summed E-state index contributed by atoms with van der Waals surface area (Å²) in [5.41, 5.74) is 0.666. The molecule has 8 nitrogen and oxygen atoms in total. The van der Waals surface area contributed by atoms with E-state index in [4.69, 9.17) is 4.74 Å². The van der Waals surface area contributed by atoms with Crippen LogP contribution >= 0.6 is 0 Å². The second-order valence-corrected chi connectivity index (χ2v) is 5.76. The van der Waals surface area contributed by atoms with Crippen LogP contribution in [0.15, 0.2) is 37.1 Å². The number of aromatic nitrogens is 3. The third kappa shape index (κ3) is 4.45. The van der Waals surface area contributed by atoms with E-state index in [-0.39, 0.29) is 12.1 Å². The van der Waals surface area contributed by atoms with Gasteiger partial charge in [0.15, 0.2) is 0 Å². The lowest BCUT2D eigenvalue weighted by atomic mass is 10.3. The predicted molar refractivity (Wildman–Crippen MR) is 91.1 cm³/mol. The molecule has 0 aromatic carbocycles. The minimum atomic E-state index is -0.247. The maximum atomic E-state index is 12.0. The fourth-order valence-corrected chi connectivity index (χ4v) is 2.59. The van der Waals surface area contributed by atoms with Gasteiger partial charge in [-0.3, -0.25) is 0 Å². The first kappa shape index (κ1) is 16.3. The van der Waals surface area contributed by atoms with Gasteiger partial charge in [0.25, 0.3) is 0 Å². The lowest BCUT2D eigenvalue weighted by Gasteiger charge is -2.27. The third-order valence-corrected chi connectivity index (χ3v) is 3.76. The molecule has 0 spiro atoms. The number of nitrogens with zero attached hydrogens (tertiary/aromatic N) is 4. The number of urea groups is 1. The van der Waals surface area contributed by atoms with E-state index < -0.39 is 0 Å². The monoisotopic (exact) mass is 330 g/mol. The van der Waals surface area contributed by atoms with Gasteiger partial charge in [0, 0.05) is 38.1 Å². The van der Waals surface area contributed by atoms with Crippen LogP contribution in [0.3, 0.4) is 0 Å². The van der Waals surface area contributed by atoms with Gasteiger partial charge in [-0.1, -0.05) is 0 Å². The molecule has 1 aliphatic rings. The van der Waals surface area contributed by atoms with Crippen LogP contribution in [0, 0.1) is 0 Å². The molecule has 24 heavy (non-hydrogen) atoms. The molecule has 1 fully saturated rings. The van der Waals surface area contributed by atoms with Crippen molar-refractivity contribution in [2.75, 3.05) is 36.5 Å². The van der Waals surface area contributed by atoms with Crippen LogP contribution in [0.5, 0.6) is 0 Å². The van der Waals surface area contributed by atoms with Crippen LogP contribution in [0.25, 0.3) is 0 Å².